The van der Waals surface area contributed by atoms with E-state index in [4.69, 9.17) is 14.2 Å². The quantitative estimate of drug-likeness (QED) is 0.129. The number of amides is 2. The Morgan fingerprint density at radius 1 is 0.935 bits per heavy atom. The Hall–Kier alpha value is -5.31. The number of hydrogen-bond donors (Lipinski definition) is 0. The van der Waals surface area contributed by atoms with Crippen molar-refractivity contribution >= 4 is 41.0 Å². The van der Waals surface area contributed by atoms with Crippen LogP contribution >= 0.6 is 11.8 Å². The molecule has 0 saturated carbocycles. The summed E-state index contributed by atoms with van der Waals surface area (Å²) in [5, 5.41) is 6.91. The van der Waals surface area contributed by atoms with Crippen molar-refractivity contribution in [3.8, 4) is 22.8 Å². The van der Waals surface area contributed by atoms with Crippen LogP contribution in [0.25, 0.3) is 11.3 Å². The van der Waals surface area contributed by atoms with E-state index in [9.17, 15) is 32.3 Å². The molecule has 236 valence electrons. The SMILES string of the molecule is COc1ccc(C(=O)COC(=O)c2ccc(N3C(=O)CC(Sc4nncc(-c5ccc(C(F)(F)F)cc5)n4)C3=O)cc2)cc1OC. The van der Waals surface area contributed by atoms with Crippen LogP contribution in [0.3, 0.4) is 0 Å². The van der Waals surface area contributed by atoms with Gasteiger partial charge in [-0.1, -0.05) is 23.9 Å². The highest BCUT2D eigenvalue weighted by molar-refractivity contribution is 8.00. The third-order valence-corrected chi connectivity index (χ3v) is 7.84. The van der Waals surface area contributed by atoms with Crippen molar-refractivity contribution in [3.63, 3.8) is 0 Å². The smallest absolute Gasteiger partial charge is 0.416 e. The number of nitrogens with zero attached hydrogens (tertiary/aromatic N) is 4. The summed E-state index contributed by atoms with van der Waals surface area (Å²) in [5.74, 6) is -1.51. The molecule has 1 saturated heterocycles. The lowest BCUT2D eigenvalue weighted by Crippen LogP contribution is -2.31. The van der Waals surface area contributed by atoms with E-state index >= 15 is 0 Å². The molecule has 0 N–H and O–H groups in total. The molecule has 1 atom stereocenters. The fourth-order valence-electron chi connectivity index (χ4n) is 4.45. The Kier molecular flexibility index (Phi) is 9.32. The van der Waals surface area contributed by atoms with Gasteiger partial charge in [0, 0.05) is 17.5 Å². The van der Waals surface area contributed by atoms with Crippen molar-refractivity contribution in [2.45, 2.75) is 23.0 Å². The molecule has 0 radical (unpaired) electrons. The van der Waals surface area contributed by atoms with E-state index in [0.29, 0.717) is 17.1 Å². The van der Waals surface area contributed by atoms with Crippen LogP contribution in [-0.2, 0) is 20.5 Å². The van der Waals surface area contributed by atoms with E-state index in [0.717, 1.165) is 28.8 Å². The van der Waals surface area contributed by atoms with Crippen LogP contribution in [0, 0.1) is 0 Å². The Morgan fingerprint density at radius 3 is 2.26 bits per heavy atom. The standard InChI is InChI=1S/C31H23F3N4O7S/c1-43-24-12-7-19(13-25(24)44-2)23(39)16-45-29(42)18-5-10-21(11-6-18)38-27(40)14-26(28(38)41)46-30-36-22(15-35-37-30)17-3-8-20(9-4-17)31(32,33)34/h3-13,15,26H,14,16H2,1-2H3. The van der Waals surface area contributed by atoms with Gasteiger partial charge in [0.05, 0.1) is 42.9 Å². The predicted molar refractivity (Wildman–Crippen MR) is 158 cm³/mol. The monoisotopic (exact) mass is 652 g/mol. The van der Waals surface area contributed by atoms with Gasteiger partial charge >= 0.3 is 12.1 Å². The van der Waals surface area contributed by atoms with Gasteiger partial charge in [-0.05, 0) is 54.6 Å². The van der Waals surface area contributed by atoms with Crippen molar-refractivity contribution in [2.24, 2.45) is 0 Å². The van der Waals surface area contributed by atoms with E-state index in [1.165, 1.54) is 68.9 Å². The molecule has 2 heterocycles. The molecule has 1 aliphatic rings. The lowest BCUT2D eigenvalue weighted by atomic mass is 10.1. The molecule has 46 heavy (non-hydrogen) atoms. The predicted octanol–water partition coefficient (Wildman–Crippen LogP) is 5.04. The van der Waals surface area contributed by atoms with Gasteiger partial charge in [0.1, 0.15) is 5.25 Å². The second-order valence-corrected chi connectivity index (χ2v) is 10.9. The third-order valence-electron chi connectivity index (χ3n) is 6.80. The first-order chi connectivity index (χ1) is 22.0. The number of esters is 1. The number of ether oxygens (including phenoxy) is 3. The number of Topliss-reactive ketones (excluding diaryl/α,β-unsaturated/α-hetero) is 1. The molecule has 1 aliphatic heterocycles. The van der Waals surface area contributed by atoms with Crippen molar-refractivity contribution in [1.29, 1.82) is 0 Å². The van der Waals surface area contributed by atoms with Crippen molar-refractivity contribution in [3.05, 3.63) is 89.6 Å². The van der Waals surface area contributed by atoms with Crippen LogP contribution in [0.4, 0.5) is 18.9 Å². The normalized spacial score (nSPS) is 14.7. The second-order valence-electron chi connectivity index (χ2n) is 9.69. The van der Waals surface area contributed by atoms with E-state index < -0.39 is 47.2 Å². The fourth-order valence-corrected chi connectivity index (χ4v) is 5.39. The summed E-state index contributed by atoms with van der Waals surface area (Å²) in [5.41, 5.74) is 0.361. The van der Waals surface area contributed by atoms with Gasteiger partial charge in [-0.3, -0.25) is 14.4 Å². The van der Waals surface area contributed by atoms with Crippen molar-refractivity contribution in [1.82, 2.24) is 15.2 Å². The Labute approximate surface area is 263 Å². The molecule has 1 unspecified atom stereocenters. The molecule has 2 amide bonds. The van der Waals surface area contributed by atoms with Crippen LogP contribution < -0.4 is 14.4 Å². The topological polar surface area (TPSA) is 138 Å². The first kappa shape index (κ1) is 32.1. The molecule has 1 aromatic heterocycles. The molecule has 3 aromatic carbocycles. The number of rotatable bonds is 10. The molecular weight excluding hydrogens is 629 g/mol. The Morgan fingerprint density at radius 2 is 1.61 bits per heavy atom. The molecule has 0 bridgehead atoms. The summed E-state index contributed by atoms with van der Waals surface area (Å²) < 4.78 is 54.2. The van der Waals surface area contributed by atoms with Gasteiger partial charge in [0.15, 0.2) is 23.9 Å². The van der Waals surface area contributed by atoms with Crippen LogP contribution in [0.1, 0.15) is 32.7 Å². The zero-order chi connectivity index (χ0) is 33.0. The minimum atomic E-state index is -4.48. The molecule has 4 aromatic rings. The number of aromatic nitrogens is 3. The van der Waals surface area contributed by atoms with E-state index in [-0.39, 0.29) is 34.1 Å². The third kappa shape index (κ3) is 6.99. The molecular formula is C31H23F3N4O7S. The van der Waals surface area contributed by atoms with Crippen LogP contribution in [0.15, 0.2) is 78.1 Å². The highest BCUT2D eigenvalue weighted by atomic mass is 32.2. The summed E-state index contributed by atoms with van der Waals surface area (Å²) in [6.07, 6.45) is -3.37. The Bertz CT molecular complexity index is 1800. The zero-order valence-electron chi connectivity index (χ0n) is 24.1. The first-order valence-corrected chi connectivity index (χ1v) is 14.3. The number of ketones is 1. The average molecular weight is 653 g/mol. The van der Waals surface area contributed by atoms with E-state index in [2.05, 4.69) is 15.2 Å². The van der Waals surface area contributed by atoms with Gasteiger partial charge in [0.2, 0.25) is 17.0 Å². The number of carbonyl (C=O) groups is 4. The average Bonchev–Trinajstić information content (AvgIpc) is 3.34. The maximum Gasteiger partial charge on any atom is 0.416 e. The minimum Gasteiger partial charge on any atom is -0.493 e. The number of halogens is 3. The fraction of sp³-hybridized carbons (Fsp3) is 0.194. The largest absolute Gasteiger partial charge is 0.493 e. The maximum absolute atomic E-state index is 13.2. The Balaban J connectivity index is 1.20. The molecule has 0 aliphatic carbocycles. The molecule has 0 spiro atoms. The lowest BCUT2D eigenvalue weighted by Gasteiger charge is -2.15. The van der Waals surface area contributed by atoms with Gasteiger partial charge < -0.3 is 14.2 Å². The maximum atomic E-state index is 13.2. The number of alkyl halides is 3. The zero-order valence-corrected chi connectivity index (χ0v) is 24.9. The number of carbonyl (C=O) groups excluding carboxylic acids is 4. The number of benzene rings is 3. The van der Waals surface area contributed by atoms with Crippen LogP contribution in [0.5, 0.6) is 11.5 Å². The molecule has 11 nitrogen and oxygen atoms in total. The molecule has 15 heteroatoms. The number of anilines is 1. The minimum absolute atomic E-state index is 0.0612. The van der Waals surface area contributed by atoms with E-state index in [1.54, 1.807) is 6.07 Å². The molecule has 1 fully saturated rings. The summed E-state index contributed by atoms with van der Waals surface area (Å²) in [6.45, 7) is -0.533. The number of thioether (sulfide) groups is 1. The van der Waals surface area contributed by atoms with E-state index in [1.807, 2.05) is 0 Å². The summed E-state index contributed by atoms with van der Waals surface area (Å²) in [4.78, 5) is 56.4. The highest BCUT2D eigenvalue weighted by Crippen LogP contribution is 2.34. The summed E-state index contributed by atoms with van der Waals surface area (Å²) in [7, 11) is 2.89. The van der Waals surface area contributed by atoms with Gasteiger partial charge in [0.25, 0.3) is 0 Å². The van der Waals surface area contributed by atoms with Gasteiger partial charge in [-0.15, -0.1) is 5.10 Å². The van der Waals surface area contributed by atoms with Crippen LogP contribution in [-0.4, -0.2) is 64.8 Å². The van der Waals surface area contributed by atoms with Crippen molar-refractivity contribution in [2.75, 3.05) is 25.7 Å². The van der Waals surface area contributed by atoms with Crippen molar-refractivity contribution < 1.29 is 46.6 Å². The number of hydrogen-bond acceptors (Lipinski definition) is 11. The molecule has 5 rings (SSSR count). The van der Waals surface area contributed by atoms with Gasteiger partial charge in [-0.25, -0.2) is 14.7 Å². The summed E-state index contributed by atoms with van der Waals surface area (Å²) in [6, 6.07) is 14.4. The van der Waals surface area contributed by atoms with Gasteiger partial charge in [-0.2, -0.15) is 18.3 Å². The summed E-state index contributed by atoms with van der Waals surface area (Å²) >= 11 is 0.900. The first-order valence-electron chi connectivity index (χ1n) is 13.4. The lowest BCUT2D eigenvalue weighted by molar-refractivity contribution is -0.137. The number of methoxy groups -OCH3 is 2. The second kappa shape index (κ2) is 13.4. The highest BCUT2D eigenvalue weighted by Gasteiger charge is 2.41. The number of imide groups is 1. The van der Waals surface area contributed by atoms with Crippen LogP contribution in [0.2, 0.25) is 0 Å².